The van der Waals surface area contributed by atoms with Crippen molar-refractivity contribution in [1.82, 2.24) is 14.6 Å². The molecule has 0 aliphatic heterocycles. The van der Waals surface area contributed by atoms with E-state index in [1.165, 1.54) is 28.8 Å². The van der Waals surface area contributed by atoms with Crippen LogP contribution in [0, 0.1) is 10.1 Å². The second-order valence-electron chi connectivity index (χ2n) is 4.33. The number of fused-ring (bicyclic) bond motifs is 1. The van der Waals surface area contributed by atoms with Crippen molar-refractivity contribution in [3.05, 3.63) is 63.6 Å². The normalized spacial score (nSPS) is 10.6. The monoisotopic (exact) mass is 317 g/mol. The minimum atomic E-state index is -0.569. The summed E-state index contributed by atoms with van der Waals surface area (Å²) in [6, 6.07) is 6.97. The molecule has 0 fully saturated rings. The lowest BCUT2D eigenvalue weighted by molar-refractivity contribution is -0.384. The molecule has 0 bridgehead atoms. The number of nitrogens with zero attached hydrogens (tertiary/aromatic N) is 4. The lowest BCUT2D eigenvalue weighted by Gasteiger charge is -2.05. The van der Waals surface area contributed by atoms with Gasteiger partial charge < -0.3 is 5.32 Å². The number of aromatic nitrogens is 3. The maximum Gasteiger partial charge on any atom is 0.276 e. The molecule has 3 rings (SSSR count). The molecule has 1 amide bonds. The standard InChI is InChI=1S/C13H8ClN5O3/c14-9-3-2-8(19(21)22)6-10(9)16-13(20)11-7-12-15-4-1-5-18(12)17-11/h1-7H,(H,16,20). The molecule has 2 aromatic heterocycles. The van der Waals surface area contributed by atoms with E-state index in [0.717, 1.165) is 0 Å². The van der Waals surface area contributed by atoms with Crippen molar-refractivity contribution in [3.63, 3.8) is 0 Å². The first-order valence-electron chi connectivity index (χ1n) is 6.10. The predicted molar refractivity (Wildman–Crippen MR) is 79.0 cm³/mol. The Morgan fingerprint density at radius 3 is 2.91 bits per heavy atom. The summed E-state index contributed by atoms with van der Waals surface area (Å²) in [6.45, 7) is 0. The van der Waals surface area contributed by atoms with Crippen molar-refractivity contribution in [1.29, 1.82) is 0 Å². The molecule has 3 aromatic rings. The minimum Gasteiger partial charge on any atom is -0.319 e. The van der Waals surface area contributed by atoms with Gasteiger partial charge in [0.15, 0.2) is 11.3 Å². The Morgan fingerprint density at radius 1 is 1.36 bits per heavy atom. The number of carbonyl (C=O) groups is 1. The van der Waals surface area contributed by atoms with E-state index >= 15 is 0 Å². The number of nitro groups is 1. The van der Waals surface area contributed by atoms with Crippen LogP contribution in [0.15, 0.2) is 42.7 Å². The van der Waals surface area contributed by atoms with E-state index in [4.69, 9.17) is 11.6 Å². The van der Waals surface area contributed by atoms with Crippen molar-refractivity contribution < 1.29 is 9.72 Å². The van der Waals surface area contributed by atoms with Gasteiger partial charge in [0.1, 0.15) is 0 Å². The average Bonchev–Trinajstić information content (AvgIpc) is 2.93. The molecule has 1 aromatic carbocycles. The zero-order chi connectivity index (χ0) is 15.7. The lowest BCUT2D eigenvalue weighted by atomic mass is 10.2. The van der Waals surface area contributed by atoms with Gasteiger partial charge in [0, 0.05) is 30.6 Å². The van der Waals surface area contributed by atoms with Crippen LogP contribution in [0.25, 0.3) is 5.65 Å². The summed E-state index contributed by atoms with van der Waals surface area (Å²) in [5, 5.41) is 17.5. The zero-order valence-corrected chi connectivity index (χ0v) is 11.7. The highest BCUT2D eigenvalue weighted by molar-refractivity contribution is 6.34. The topological polar surface area (TPSA) is 102 Å². The number of anilines is 1. The Kier molecular flexibility index (Phi) is 3.43. The molecule has 22 heavy (non-hydrogen) atoms. The quantitative estimate of drug-likeness (QED) is 0.590. The van der Waals surface area contributed by atoms with Crippen molar-refractivity contribution in [2.75, 3.05) is 5.32 Å². The molecule has 0 radical (unpaired) electrons. The third-order valence-electron chi connectivity index (χ3n) is 2.88. The Morgan fingerprint density at radius 2 is 2.18 bits per heavy atom. The molecule has 0 saturated carbocycles. The number of halogens is 1. The molecule has 110 valence electrons. The molecule has 9 heteroatoms. The van der Waals surface area contributed by atoms with Gasteiger partial charge in [-0.05, 0) is 12.1 Å². The molecule has 0 atom stereocenters. The van der Waals surface area contributed by atoms with Crippen LogP contribution >= 0.6 is 11.6 Å². The Labute approximate surface area is 128 Å². The lowest BCUT2D eigenvalue weighted by Crippen LogP contribution is -2.13. The number of carbonyl (C=O) groups excluding carboxylic acids is 1. The molecule has 0 saturated heterocycles. The molecule has 0 aliphatic carbocycles. The van der Waals surface area contributed by atoms with E-state index in [1.54, 1.807) is 18.5 Å². The van der Waals surface area contributed by atoms with Gasteiger partial charge in [0.05, 0.1) is 15.6 Å². The van der Waals surface area contributed by atoms with Crippen LogP contribution in [0.3, 0.4) is 0 Å². The molecule has 2 heterocycles. The molecular weight excluding hydrogens is 310 g/mol. The highest BCUT2D eigenvalue weighted by atomic mass is 35.5. The van der Waals surface area contributed by atoms with Crippen LogP contribution in [0.4, 0.5) is 11.4 Å². The second-order valence-corrected chi connectivity index (χ2v) is 4.73. The fourth-order valence-electron chi connectivity index (χ4n) is 1.85. The van der Waals surface area contributed by atoms with E-state index in [9.17, 15) is 14.9 Å². The number of nitrogens with one attached hydrogen (secondary N) is 1. The van der Waals surface area contributed by atoms with Crippen LogP contribution in [0.1, 0.15) is 10.5 Å². The maximum absolute atomic E-state index is 12.2. The molecule has 0 aliphatic rings. The molecular formula is C13H8ClN5O3. The zero-order valence-electron chi connectivity index (χ0n) is 10.9. The third-order valence-corrected chi connectivity index (χ3v) is 3.21. The van der Waals surface area contributed by atoms with Gasteiger partial charge in [-0.15, -0.1) is 0 Å². The molecule has 1 N–H and O–H groups in total. The van der Waals surface area contributed by atoms with Crippen LogP contribution in [-0.4, -0.2) is 25.4 Å². The van der Waals surface area contributed by atoms with E-state index in [0.29, 0.717) is 5.65 Å². The van der Waals surface area contributed by atoms with E-state index in [1.807, 2.05) is 0 Å². The van der Waals surface area contributed by atoms with Crippen molar-refractivity contribution >= 4 is 34.5 Å². The van der Waals surface area contributed by atoms with Crippen LogP contribution in [-0.2, 0) is 0 Å². The van der Waals surface area contributed by atoms with Gasteiger partial charge in [0.25, 0.3) is 11.6 Å². The van der Waals surface area contributed by atoms with Gasteiger partial charge in [-0.3, -0.25) is 14.9 Å². The summed E-state index contributed by atoms with van der Waals surface area (Å²) in [5.41, 5.74) is 0.612. The van der Waals surface area contributed by atoms with Gasteiger partial charge >= 0.3 is 0 Å². The molecule has 8 nitrogen and oxygen atoms in total. The average molecular weight is 318 g/mol. The van der Waals surface area contributed by atoms with Crippen molar-refractivity contribution in [2.24, 2.45) is 0 Å². The number of hydrogen-bond acceptors (Lipinski definition) is 5. The number of amides is 1. The third kappa shape index (κ3) is 2.59. The number of rotatable bonds is 3. The Hall–Kier alpha value is -3.00. The van der Waals surface area contributed by atoms with Crippen molar-refractivity contribution in [3.8, 4) is 0 Å². The van der Waals surface area contributed by atoms with E-state index in [2.05, 4.69) is 15.4 Å². The summed E-state index contributed by atoms with van der Waals surface area (Å²) in [6.07, 6.45) is 3.23. The first-order valence-corrected chi connectivity index (χ1v) is 6.48. The minimum absolute atomic E-state index is 0.126. The smallest absolute Gasteiger partial charge is 0.276 e. The summed E-state index contributed by atoms with van der Waals surface area (Å²) in [7, 11) is 0. The molecule has 0 spiro atoms. The van der Waals surface area contributed by atoms with E-state index in [-0.39, 0.29) is 22.1 Å². The number of benzene rings is 1. The number of hydrogen-bond donors (Lipinski definition) is 1. The summed E-state index contributed by atoms with van der Waals surface area (Å²) in [4.78, 5) is 26.4. The SMILES string of the molecule is O=C(Nc1cc([N+](=O)[O-])ccc1Cl)c1cc2ncccn2n1. The first kappa shape index (κ1) is 14.0. The number of nitro benzene ring substituents is 1. The fraction of sp³-hybridized carbons (Fsp3) is 0. The first-order chi connectivity index (χ1) is 10.5. The Balaban J connectivity index is 1.90. The van der Waals surface area contributed by atoms with Gasteiger partial charge in [-0.25, -0.2) is 9.50 Å². The summed E-state index contributed by atoms with van der Waals surface area (Å²) < 4.78 is 1.45. The summed E-state index contributed by atoms with van der Waals surface area (Å²) >= 11 is 5.94. The van der Waals surface area contributed by atoms with Crippen LogP contribution in [0.2, 0.25) is 5.02 Å². The predicted octanol–water partition coefficient (Wildman–Crippen LogP) is 2.54. The largest absolute Gasteiger partial charge is 0.319 e. The molecule has 0 unspecified atom stereocenters. The summed E-state index contributed by atoms with van der Waals surface area (Å²) in [5.74, 6) is -0.534. The van der Waals surface area contributed by atoms with Gasteiger partial charge in [0.2, 0.25) is 0 Å². The fourth-order valence-corrected chi connectivity index (χ4v) is 2.01. The maximum atomic E-state index is 12.2. The Bertz CT molecular complexity index is 859. The van der Waals surface area contributed by atoms with Crippen LogP contribution < -0.4 is 5.32 Å². The highest BCUT2D eigenvalue weighted by Gasteiger charge is 2.15. The second kappa shape index (κ2) is 5.41. The van der Waals surface area contributed by atoms with E-state index < -0.39 is 10.8 Å². The number of non-ortho nitro benzene ring substituents is 1. The van der Waals surface area contributed by atoms with Crippen LogP contribution in [0.5, 0.6) is 0 Å². The van der Waals surface area contributed by atoms with Gasteiger partial charge in [-0.1, -0.05) is 11.6 Å². The van der Waals surface area contributed by atoms with Gasteiger partial charge in [-0.2, -0.15) is 5.10 Å². The highest BCUT2D eigenvalue weighted by Crippen LogP contribution is 2.27. The van der Waals surface area contributed by atoms with Crippen molar-refractivity contribution in [2.45, 2.75) is 0 Å².